The first-order valence-electron chi connectivity index (χ1n) is 8.35. The number of nitrogens with zero attached hydrogens (tertiary/aromatic N) is 2. The smallest absolute Gasteiger partial charge is 0.308 e. The minimum absolute atomic E-state index is 0.0468. The largest absolute Gasteiger partial charge is 0.481 e. The van der Waals surface area contributed by atoms with Crippen molar-refractivity contribution in [2.45, 2.75) is 26.2 Å². The summed E-state index contributed by atoms with van der Waals surface area (Å²) >= 11 is 0. The molecule has 1 aromatic rings. The number of anilines is 1. The number of likely N-dealkylation sites (tertiary alicyclic amines) is 1. The Labute approximate surface area is 141 Å². The van der Waals surface area contributed by atoms with E-state index in [0.29, 0.717) is 25.9 Å². The molecule has 2 fully saturated rings. The van der Waals surface area contributed by atoms with Gasteiger partial charge < -0.3 is 14.9 Å². The quantitative estimate of drug-likeness (QED) is 0.914. The van der Waals surface area contributed by atoms with Gasteiger partial charge in [0.1, 0.15) is 0 Å². The summed E-state index contributed by atoms with van der Waals surface area (Å²) in [5.74, 6) is -1.87. The summed E-state index contributed by atoms with van der Waals surface area (Å²) in [5, 5.41) is 9.17. The molecular formula is C18H22N2O4. The van der Waals surface area contributed by atoms with Gasteiger partial charge in [-0.15, -0.1) is 0 Å². The van der Waals surface area contributed by atoms with Crippen molar-refractivity contribution in [1.29, 1.82) is 0 Å². The Morgan fingerprint density at radius 3 is 2.62 bits per heavy atom. The first-order valence-corrected chi connectivity index (χ1v) is 8.35. The normalized spacial score (nSPS) is 24.3. The van der Waals surface area contributed by atoms with Crippen molar-refractivity contribution >= 4 is 23.5 Å². The molecule has 2 amide bonds. The van der Waals surface area contributed by atoms with Crippen LogP contribution in [0, 0.1) is 18.8 Å². The zero-order valence-electron chi connectivity index (χ0n) is 13.8. The van der Waals surface area contributed by atoms with E-state index in [-0.39, 0.29) is 30.7 Å². The zero-order valence-corrected chi connectivity index (χ0v) is 13.8. The van der Waals surface area contributed by atoms with Gasteiger partial charge in [0, 0.05) is 31.7 Å². The van der Waals surface area contributed by atoms with Crippen LogP contribution in [0.4, 0.5) is 5.69 Å². The molecule has 2 atom stereocenters. The van der Waals surface area contributed by atoms with Gasteiger partial charge in [-0.2, -0.15) is 0 Å². The van der Waals surface area contributed by atoms with Crippen molar-refractivity contribution in [1.82, 2.24) is 4.90 Å². The number of carboxylic acid groups (broad SMARTS) is 1. The number of piperidine rings is 1. The van der Waals surface area contributed by atoms with Gasteiger partial charge in [0.2, 0.25) is 11.8 Å². The molecule has 24 heavy (non-hydrogen) atoms. The molecule has 6 heteroatoms. The number of amides is 2. The SMILES string of the molecule is Cc1ccccc1N1CC(C(=O)N2CCCC(C(=O)O)C2)CC1=O. The van der Waals surface area contributed by atoms with E-state index in [9.17, 15) is 14.4 Å². The Hall–Kier alpha value is -2.37. The predicted molar refractivity (Wildman–Crippen MR) is 88.6 cm³/mol. The van der Waals surface area contributed by atoms with E-state index in [4.69, 9.17) is 5.11 Å². The van der Waals surface area contributed by atoms with E-state index in [1.165, 1.54) is 0 Å². The first-order chi connectivity index (χ1) is 11.5. The van der Waals surface area contributed by atoms with E-state index in [1.807, 2.05) is 31.2 Å². The minimum Gasteiger partial charge on any atom is -0.481 e. The fraction of sp³-hybridized carbons (Fsp3) is 0.500. The fourth-order valence-corrected chi connectivity index (χ4v) is 3.61. The summed E-state index contributed by atoms with van der Waals surface area (Å²) in [6.45, 7) is 3.15. The summed E-state index contributed by atoms with van der Waals surface area (Å²) in [4.78, 5) is 39.6. The monoisotopic (exact) mass is 330 g/mol. The number of aryl methyl sites for hydroxylation is 1. The Bertz CT molecular complexity index is 673. The average molecular weight is 330 g/mol. The Kier molecular flexibility index (Phi) is 4.55. The molecule has 2 saturated heterocycles. The predicted octanol–water partition coefficient (Wildman–Crippen LogP) is 1.67. The number of hydrogen-bond donors (Lipinski definition) is 1. The van der Waals surface area contributed by atoms with Crippen LogP contribution in [-0.4, -0.2) is 47.4 Å². The van der Waals surface area contributed by atoms with Crippen LogP contribution in [-0.2, 0) is 14.4 Å². The molecule has 0 bridgehead atoms. The third kappa shape index (κ3) is 3.13. The van der Waals surface area contributed by atoms with Crippen LogP contribution in [0.15, 0.2) is 24.3 Å². The van der Waals surface area contributed by atoms with Gasteiger partial charge in [0.05, 0.1) is 11.8 Å². The molecule has 3 rings (SSSR count). The van der Waals surface area contributed by atoms with Crippen molar-refractivity contribution in [2.24, 2.45) is 11.8 Å². The Morgan fingerprint density at radius 1 is 1.17 bits per heavy atom. The van der Waals surface area contributed by atoms with Crippen LogP contribution in [0.1, 0.15) is 24.8 Å². The maximum Gasteiger partial charge on any atom is 0.308 e. The molecule has 0 spiro atoms. The van der Waals surface area contributed by atoms with Crippen LogP contribution in [0.25, 0.3) is 0 Å². The molecule has 2 heterocycles. The van der Waals surface area contributed by atoms with Gasteiger partial charge in [-0.1, -0.05) is 18.2 Å². The molecule has 0 aliphatic carbocycles. The van der Waals surface area contributed by atoms with E-state index in [2.05, 4.69) is 0 Å². The summed E-state index contributed by atoms with van der Waals surface area (Å²) in [6.07, 6.45) is 1.50. The lowest BCUT2D eigenvalue weighted by Gasteiger charge is -2.32. The highest BCUT2D eigenvalue weighted by Gasteiger charge is 2.39. The highest BCUT2D eigenvalue weighted by atomic mass is 16.4. The molecule has 6 nitrogen and oxygen atoms in total. The number of rotatable bonds is 3. The first kappa shape index (κ1) is 16.5. The number of hydrogen-bond acceptors (Lipinski definition) is 3. The maximum absolute atomic E-state index is 12.7. The summed E-state index contributed by atoms with van der Waals surface area (Å²) in [7, 11) is 0. The molecule has 2 unspecified atom stereocenters. The van der Waals surface area contributed by atoms with Crippen LogP contribution in [0.2, 0.25) is 0 Å². The number of benzene rings is 1. The van der Waals surface area contributed by atoms with Gasteiger partial charge in [-0.05, 0) is 31.4 Å². The number of carbonyl (C=O) groups excluding carboxylic acids is 2. The Morgan fingerprint density at radius 2 is 1.92 bits per heavy atom. The summed E-state index contributed by atoms with van der Waals surface area (Å²) < 4.78 is 0. The molecular weight excluding hydrogens is 308 g/mol. The lowest BCUT2D eigenvalue weighted by atomic mass is 9.96. The number of carbonyl (C=O) groups is 3. The third-order valence-corrected chi connectivity index (χ3v) is 4.96. The van der Waals surface area contributed by atoms with Crippen molar-refractivity contribution < 1.29 is 19.5 Å². The van der Waals surface area contributed by atoms with Gasteiger partial charge in [0.15, 0.2) is 0 Å². The van der Waals surface area contributed by atoms with Crippen molar-refractivity contribution in [3.8, 4) is 0 Å². The molecule has 0 aromatic heterocycles. The maximum atomic E-state index is 12.7. The number of para-hydroxylation sites is 1. The molecule has 0 radical (unpaired) electrons. The second kappa shape index (κ2) is 6.63. The lowest BCUT2D eigenvalue weighted by Crippen LogP contribution is -2.45. The molecule has 0 saturated carbocycles. The molecule has 1 N–H and O–H groups in total. The van der Waals surface area contributed by atoms with Gasteiger partial charge in [0.25, 0.3) is 0 Å². The number of aliphatic carboxylic acids is 1. The van der Waals surface area contributed by atoms with Gasteiger partial charge >= 0.3 is 5.97 Å². The van der Waals surface area contributed by atoms with Gasteiger partial charge in [-0.3, -0.25) is 14.4 Å². The molecule has 128 valence electrons. The van der Waals surface area contributed by atoms with E-state index in [0.717, 1.165) is 11.3 Å². The van der Waals surface area contributed by atoms with E-state index in [1.54, 1.807) is 9.80 Å². The summed E-state index contributed by atoms with van der Waals surface area (Å²) in [6, 6.07) is 7.63. The lowest BCUT2D eigenvalue weighted by molar-refractivity contribution is -0.146. The van der Waals surface area contributed by atoms with Crippen molar-refractivity contribution in [3.05, 3.63) is 29.8 Å². The van der Waals surface area contributed by atoms with Gasteiger partial charge in [-0.25, -0.2) is 0 Å². The number of carboxylic acids is 1. The van der Waals surface area contributed by atoms with Crippen molar-refractivity contribution in [3.63, 3.8) is 0 Å². The van der Waals surface area contributed by atoms with Crippen LogP contribution in [0.5, 0.6) is 0 Å². The fourth-order valence-electron chi connectivity index (χ4n) is 3.61. The minimum atomic E-state index is -0.850. The summed E-state index contributed by atoms with van der Waals surface area (Å²) in [5.41, 5.74) is 1.85. The second-order valence-electron chi connectivity index (χ2n) is 6.65. The molecule has 2 aliphatic rings. The molecule has 2 aliphatic heterocycles. The standard InChI is InChI=1S/C18H22N2O4/c1-12-5-2-3-7-15(12)20-11-14(9-16(20)21)17(22)19-8-4-6-13(10-19)18(23)24/h2-3,5,7,13-14H,4,6,8-11H2,1H3,(H,23,24). The highest BCUT2D eigenvalue weighted by Crippen LogP contribution is 2.29. The van der Waals surface area contributed by atoms with E-state index >= 15 is 0 Å². The highest BCUT2D eigenvalue weighted by molar-refractivity contribution is 6.00. The average Bonchev–Trinajstić information content (AvgIpc) is 2.96. The third-order valence-electron chi connectivity index (χ3n) is 4.96. The van der Waals surface area contributed by atoms with E-state index < -0.39 is 11.9 Å². The van der Waals surface area contributed by atoms with Crippen LogP contribution < -0.4 is 4.90 Å². The van der Waals surface area contributed by atoms with Crippen LogP contribution in [0.3, 0.4) is 0 Å². The Balaban J connectivity index is 1.70. The van der Waals surface area contributed by atoms with Crippen molar-refractivity contribution in [2.75, 3.05) is 24.5 Å². The molecule has 1 aromatic carbocycles. The van der Waals surface area contributed by atoms with Crippen LogP contribution >= 0.6 is 0 Å². The zero-order chi connectivity index (χ0) is 17.3. The second-order valence-corrected chi connectivity index (χ2v) is 6.65. The topological polar surface area (TPSA) is 77.9 Å².